The normalized spacial score (nSPS) is 10.8. The molecule has 5 aromatic rings. The van der Waals surface area contributed by atoms with Crippen molar-refractivity contribution in [1.82, 2.24) is 14.8 Å². The third-order valence-electron chi connectivity index (χ3n) is 5.87. The standard InChI is InChI=1S/C30H22ClN3O3/c1-20-12-17-25(31)18-26(20)34-29(24-10-6-3-7-11-24)32-28(33-34)30(36)37-19-27(35)23-15-13-22(14-16-23)21-8-4-2-5-9-21/h2-18H,19H2,1H3. The van der Waals surface area contributed by atoms with Crippen molar-refractivity contribution < 1.29 is 14.3 Å². The van der Waals surface area contributed by atoms with E-state index in [-0.39, 0.29) is 11.6 Å². The first-order valence-corrected chi connectivity index (χ1v) is 12.0. The van der Waals surface area contributed by atoms with Gasteiger partial charge in [0.25, 0.3) is 5.82 Å². The number of halogens is 1. The number of rotatable bonds is 7. The van der Waals surface area contributed by atoms with E-state index in [1.54, 1.807) is 28.9 Å². The topological polar surface area (TPSA) is 74.1 Å². The molecule has 1 aromatic heterocycles. The number of Topliss-reactive ketones (excluding diaryl/α,β-unsaturated/α-hetero) is 1. The molecule has 4 aromatic carbocycles. The van der Waals surface area contributed by atoms with Crippen molar-refractivity contribution in [1.29, 1.82) is 0 Å². The molecule has 6 nitrogen and oxygen atoms in total. The third-order valence-corrected chi connectivity index (χ3v) is 6.10. The van der Waals surface area contributed by atoms with Crippen LogP contribution in [0.15, 0.2) is 103 Å². The Balaban J connectivity index is 1.36. The molecule has 0 spiro atoms. The van der Waals surface area contributed by atoms with Gasteiger partial charge >= 0.3 is 5.97 Å². The number of hydrogen-bond donors (Lipinski definition) is 0. The van der Waals surface area contributed by atoms with Crippen LogP contribution in [0.5, 0.6) is 0 Å². The molecule has 0 radical (unpaired) electrons. The maximum Gasteiger partial charge on any atom is 0.378 e. The summed E-state index contributed by atoms with van der Waals surface area (Å²) in [5.41, 5.74) is 4.86. The summed E-state index contributed by atoms with van der Waals surface area (Å²) in [5.74, 6) is -0.794. The zero-order chi connectivity index (χ0) is 25.8. The van der Waals surface area contributed by atoms with Gasteiger partial charge in [0, 0.05) is 16.1 Å². The molecule has 7 heteroatoms. The van der Waals surface area contributed by atoms with Gasteiger partial charge in [-0.3, -0.25) is 4.79 Å². The predicted octanol–water partition coefficient (Wildman–Crippen LogP) is 6.60. The highest BCUT2D eigenvalue weighted by molar-refractivity contribution is 6.30. The smallest absolute Gasteiger partial charge is 0.378 e. The van der Waals surface area contributed by atoms with E-state index < -0.39 is 12.6 Å². The Kier molecular flexibility index (Phi) is 6.92. The average molecular weight is 508 g/mol. The second kappa shape index (κ2) is 10.6. The number of benzene rings is 4. The molecule has 0 saturated carbocycles. The number of hydrogen-bond acceptors (Lipinski definition) is 5. The maximum atomic E-state index is 12.9. The average Bonchev–Trinajstić information content (AvgIpc) is 3.39. The number of aryl methyl sites for hydroxylation is 1. The van der Waals surface area contributed by atoms with Gasteiger partial charge in [-0.25, -0.2) is 14.5 Å². The quantitative estimate of drug-likeness (QED) is 0.183. The molecule has 0 bridgehead atoms. The Morgan fingerprint density at radius 1 is 0.811 bits per heavy atom. The highest BCUT2D eigenvalue weighted by Gasteiger charge is 2.22. The zero-order valence-electron chi connectivity index (χ0n) is 20.0. The molecule has 1 heterocycles. The van der Waals surface area contributed by atoms with E-state index in [9.17, 15) is 9.59 Å². The number of esters is 1. The Bertz CT molecular complexity index is 1560. The molecular formula is C30H22ClN3O3. The van der Waals surface area contributed by atoms with Gasteiger partial charge in [0.1, 0.15) is 0 Å². The summed E-state index contributed by atoms with van der Waals surface area (Å²) in [7, 11) is 0. The second-order valence-electron chi connectivity index (χ2n) is 8.41. The molecule has 0 amide bonds. The Labute approximate surface area is 219 Å². The fraction of sp³-hybridized carbons (Fsp3) is 0.0667. The molecule has 37 heavy (non-hydrogen) atoms. The summed E-state index contributed by atoms with van der Waals surface area (Å²) in [4.78, 5) is 30.0. The molecule has 0 N–H and O–H groups in total. The minimum Gasteiger partial charge on any atom is -0.451 e. The highest BCUT2D eigenvalue weighted by atomic mass is 35.5. The summed E-state index contributed by atoms with van der Waals surface area (Å²) in [6.45, 7) is 1.50. The van der Waals surface area contributed by atoms with Crippen LogP contribution in [-0.4, -0.2) is 33.1 Å². The lowest BCUT2D eigenvalue weighted by Crippen LogP contribution is -2.15. The van der Waals surface area contributed by atoms with Crippen molar-refractivity contribution >= 4 is 23.4 Å². The van der Waals surface area contributed by atoms with Gasteiger partial charge < -0.3 is 4.74 Å². The van der Waals surface area contributed by atoms with Crippen LogP contribution in [0.2, 0.25) is 5.02 Å². The van der Waals surface area contributed by atoms with Crippen molar-refractivity contribution in [3.05, 3.63) is 125 Å². The summed E-state index contributed by atoms with van der Waals surface area (Å²) in [6.07, 6.45) is 0. The van der Waals surface area contributed by atoms with E-state index in [0.29, 0.717) is 22.1 Å². The molecular weight excluding hydrogens is 486 g/mol. The monoisotopic (exact) mass is 507 g/mol. The lowest BCUT2D eigenvalue weighted by molar-refractivity contribution is 0.0462. The Morgan fingerprint density at radius 2 is 1.43 bits per heavy atom. The fourth-order valence-electron chi connectivity index (χ4n) is 3.91. The van der Waals surface area contributed by atoms with Gasteiger partial charge in [0.2, 0.25) is 0 Å². The minimum absolute atomic E-state index is 0.148. The molecule has 0 fully saturated rings. The lowest BCUT2D eigenvalue weighted by Gasteiger charge is -2.09. The van der Waals surface area contributed by atoms with Crippen LogP contribution in [0.4, 0.5) is 0 Å². The number of ketones is 1. The summed E-state index contributed by atoms with van der Waals surface area (Å²) in [5, 5.41) is 4.95. The molecule has 0 aliphatic rings. The van der Waals surface area contributed by atoms with E-state index in [2.05, 4.69) is 10.1 Å². The van der Waals surface area contributed by atoms with Crippen molar-refractivity contribution in [3.63, 3.8) is 0 Å². The first-order chi connectivity index (χ1) is 18.0. The maximum absolute atomic E-state index is 12.9. The summed E-state index contributed by atoms with van der Waals surface area (Å²) >= 11 is 6.23. The largest absolute Gasteiger partial charge is 0.451 e. The number of ether oxygens (including phenoxy) is 1. The van der Waals surface area contributed by atoms with Crippen molar-refractivity contribution in [3.8, 4) is 28.2 Å². The zero-order valence-corrected chi connectivity index (χ0v) is 20.7. The molecule has 0 aliphatic heterocycles. The number of aromatic nitrogens is 3. The predicted molar refractivity (Wildman–Crippen MR) is 143 cm³/mol. The lowest BCUT2D eigenvalue weighted by atomic mass is 10.0. The minimum atomic E-state index is -0.787. The van der Waals surface area contributed by atoms with Gasteiger partial charge in [-0.15, -0.1) is 5.10 Å². The van der Waals surface area contributed by atoms with Crippen LogP contribution in [0.25, 0.3) is 28.2 Å². The van der Waals surface area contributed by atoms with Crippen LogP contribution >= 0.6 is 11.6 Å². The Hall–Kier alpha value is -4.55. The summed E-state index contributed by atoms with van der Waals surface area (Å²) < 4.78 is 6.87. The molecule has 0 aliphatic carbocycles. The highest BCUT2D eigenvalue weighted by Crippen LogP contribution is 2.26. The van der Waals surface area contributed by atoms with Gasteiger partial charge in [0.15, 0.2) is 18.2 Å². The van der Waals surface area contributed by atoms with Gasteiger partial charge in [-0.1, -0.05) is 103 Å². The van der Waals surface area contributed by atoms with Gasteiger partial charge in [-0.05, 0) is 35.7 Å². The van der Waals surface area contributed by atoms with Crippen LogP contribution in [0.3, 0.4) is 0 Å². The van der Waals surface area contributed by atoms with E-state index in [0.717, 1.165) is 22.3 Å². The van der Waals surface area contributed by atoms with Gasteiger partial charge in [-0.2, -0.15) is 0 Å². The molecule has 0 saturated heterocycles. The second-order valence-corrected chi connectivity index (χ2v) is 8.85. The molecule has 5 rings (SSSR count). The van der Waals surface area contributed by atoms with Crippen molar-refractivity contribution in [2.75, 3.05) is 6.61 Å². The fourth-order valence-corrected chi connectivity index (χ4v) is 4.08. The van der Waals surface area contributed by atoms with Crippen molar-refractivity contribution in [2.24, 2.45) is 0 Å². The van der Waals surface area contributed by atoms with E-state index in [1.807, 2.05) is 85.8 Å². The molecule has 0 atom stereocenters. The van der Waals surface area contributed by atoms with Crippen LogP contribution in [0.1, 0.15) is 26.5 Å². The first kappa shape index (κ1) is 24.2. The van der Waals surface area contributed by atoms with E-state index in [4.69, 9.17) is 16.3 Å². The van der Waals surface area contributed by atoms with Gasteiger partial charge in [0.05, 0.1) is 5.69 Å². The SMILES string of the molecule is Cc1ccc(Cl)cc1-n1nc(C(=O)OCC(=O)c2ccc(-c3ccccc3)cc2)nc1-c1ccccc1. The number of carbonyl (C=O) groups excluding carboxylic acids is 2. The molecule has 182 valence electrons. The van der Waals surface area contributed by atoms with Crippen LogP contribution in [-0.2, 0) is 4.74 Å². The van der Waals surface area contributed by atoms with Crippen molar-refractivity contribution in [2.45, 2.75) is 6.92 Å². The first-order valence-electron chi connectivity index (χ1n) is 11.6. The van der Waals surface area contributed by atoms with E-state index >= 15 is 0 Å². The summed E-state index contributed by atoms with van der Waals surface area (Å²) in [6, 6.07) is 31.8. The molecule has 0 unspecified atom stereocenters. The number of carbonyl (C=O) groups is 2. The van der Waals surface area contributed by atoms with Crippen LogP contribution in [0, 0.1) is 6.92 Å². The Morgan fingerprint density at radius 3 is 2.11 bits per heavy atom. The number of nitrogens with zero attached hydrogens (tertiary/aromatic N) is 3. The van der Waals surface area contributed by atoms with Crippen LogP contribution < -0.4 is 0 Å². The third kappa shape index (κ3) is 5.34. The van der Waals surface area contributed by atoms with E-state index in [1.165, 1.54) is 0 Å².